The number of nitrogens with one attached hydrogen (secondary N) is 1. The highest BCUT2D eigenvalue weighted by Gasteiger charge is 2.09. The van der Waals surface area contributed by atoms with Crippen LogP contribution in [-0.2, 0) is 6.42 Å². The van der Waals surface area contributed by atoms with Crippen molar-refractivity contribution in [1.82, 2.24) is 4.98 Å². The topological polar surface area (TPSA) is 24.9 Å². The number of benzene rings is 1. The first-order valence-electron chi connectivity index (χ1n) is 6.50. The zero-order valence-electron chi connectivity index (χ0n) is 11.2. The fourth-order valence-electron chi connectivity index (χ4n) is 2.04. The van der Waals surface area contributed by atoms with Crippen molar-refractivity contribution in [3.05, 3.63) is 35.3 Å². The van der Waals surface area contributed by atoms with Gasteiger partial charge in [0.2, 0.25) is 0 Å². The van der Waals surface area contributed by atoms with Crippen LogP contribution < -0.4 is 5.32 Å². The Morgan fingerprint density at radius 3 is 2.72 bits per heavy atom. The molecule has 2 nitrogen and oxygen atoms in total. The molecule has 2 rings (SSSR count). The molecule has 0 amide bonds. The van der Waals surface area contributed by atoms with Gasteiger partial charge >= 0.3 is 0 Å². The van der Waals surface area contributed by atoms with Gasteiger partial charge in [-0.3, -0.25) is 4.98 Å². The van der Waals surface area contributed by atoms with Gasteiger partial charge in [-0.2, -0.15) is 0 Å². The molecular formula is C15H19FN2. The van der Waals surface area contributed by atoms with Crippen LogP contribution in [0, 0.1) is 12.7 Å². The zero-order valence-corrected chi connectivity index (χ0v) is 11.2. The summed E-state index contributed by atoms with van der Waals surface area (Å²) in [5.74, 6) is -0.190. The molecule has 1 N–H and O–H groups in total. The Morgan fingerprint density at radius 1 is 1.28 bits per heavy atom. The first kappa shape index (κ1) is 12.8. The number of anilines is 1. The zero-order chi connectivity index (χ0) is 13.1. The van der Waals surface area contributed by atoms with Gasteiger partial charge in [0.05, 0.1) is 5.52 Å². The molecule has 0 saturated carbocycles. The predicted octanol–water partition coefficient (Wildman–Crippen LogP) is 4.07. The Bertz CT molecular complexity index is 564. The van der Waals surface area contributed by atoms with Gasteiger partial charge in [0.15, 0.2) is 0 Å². The lowest BCUT2D eigenvalue weighted by Gasteiger charge is -2.12. The summed E-state index contributed by atoms with van der Waals surface area (Å²) in [4.78, 5) is 4.54. The van der Waals surface area contributed by atoms with E-state index in [9.17, 15) is 4.39 Å². The lowest BCUT2D eigenvalue weighted by Crippen LogP contribution is -2.03. The molecule has 0 saturated heterocycles. The van der Waals surface area contributed by atoms with Crippen LogP contribution in [0.1, 0.15) is 31.5 Å². The summed E-state index contributed by atoms with van der Waals surface area (Å²) in [5, 5.41) is 4.40. The molecular weight excluding hydrogens is 227 g/mol. The van der Waals surface area contributed by atoms with Gasteiger partial charge in [0.1, 0.15) is 5.82 Å². The Hall–Kier alpha value is -1.64. The number of rotatable bonds is 4. The van der Waals surface area contributed by atoms with Gasteiger partial charge in [-0.1, -0.05) is 13.8 Å². The fourth-order valence-corrected chi connectivity index (χ4v) is 2.04. The molecule has 3 heteroatoms. The Kier molecular flexibility index (Phi) is 3.80. The second kappa shape index (κ2) is 5.34. The van der Waals surface area contributed by atoms with Gasteiger partial charge in [-0.05, 0) is 38.0 Å². The van der Waals surface area contributed by atoms with Crippen molar-refractivity contribution < 1.29 is 4.39 Å². The average Bonchev–Trinajstić information content (AvgIpc) is 2.40. The number of nitrogens with zero attached hydrogens (tertiary/aromatic N) is 1. The average molecular weight is 246 g/mol. The predicted molar refractivity (Wildman–Crippen MR) is 74.6 cm³/mol. The van der Waals surface area contributed by atoms with Crippen LogP contribution in [0.3, 0.4) is 0 Å². The lowest BCUT2D eigenvalue weighted by molar-refractivity contribution is 0.620. The summed E-state index contributed by atoms with van der Waals surface area (Å²) >= 11 is 0. The van der Waals surface area contributed by atoms with E-state index < -0.39 is 0 Å². The maximum absolute atomic E-state index is 13.6. The molecule has 0 aliphatic carbocycles. The highest BCUT2D eigenvalue weighted by Crippen LogP contribution is 2.27. The monoisotopic (exact) mass is 246 g/mol. The van der Waals surface area contributed by atoms with Crippen molar-refractivity contribution >= 4 is 16.6 Å². The smallest absolute Gasteiger partial charge is 0.128 e. The number of pyridine rings is 1. The first-order chi connectivity index (χ1) is 8.67. The second-order valence-corrected chi connectivity index (χ2v) is 4.51. The van der Waals surface area contributed by atoms with E-state index in [1.807, 2.05) is 6.07 Å². The number of fused-ring (bicyclic) bond motifs is 1. The fraction of sp³-hybridized carbons (Fsp3) is 0.400. The molecule has 18 heavy (non-hydrogen) atoms. The lowest BCUT2D eigenvalue weighted by atomic mass is 10.1. The summed E-state index contributed by atoms with van der Waals surface area (Å²) in [6.45, 7) is 6.89. The number of aryl methyl sites for hydroxylation is 2. The quantitative estimate of drug-likeness (QED) is 0.879. The van der Waals surface area contributed by atoms with E-state index in [4.69, 9.17) is 0 Å². The third-order valence-corrected chi connectivity index (χ3v) is 3.15. The van der Waals surface area contributed by atoms with Crippen molar-refractivity contribution in [2.45, 2.75) is 33.6 Å². The SMILES string of the molecule is CCCNc1cc(CC)nc2c(C)c(F)ccc12. The van der Waals surface area contributed by atoms with Crippen LogP contribution in [0.2, 0.25) is 0 Å². The number of aromatic nitrogens is 1. The van der Waals surface area contributed by atoms with E-state index in [1.54, 1.807) is 6.92 Å². The maximum Gasteiger partial charge on any atom is 0.128 e. The molecule has 0 radical (unpaired) electrons. The first-order valence-corrected chi connectivity index (χ1v) is 6.50. The highest BCUT2D eigenvalue weighted by molar-refractivity contribution is 5.93. The van der Waals surface area contributed by atoms with Crippen LogP contribution in [0.5, 0.6) is 0 Å². The molecule has 1 heterocycles. The largest absolute Gasteiger partial charge is 0.384 e. The molecule has 96 valence electrons. The van der Waals surface area contributed by atoms with Gasteiger partial charge < -0.3 is 5.32 Å². The molecule has 0 bridgehead atoms. The maximum atomic E-state index is 13.6. The molecule has 0 aliphatic heterocycles. The Balaban J connectivity index is 2.64. The van der Waals surface area contributed by atoms with E-state index in [2.05, 4.69) is 30.2 Å². The summed E-state index contributed by atoms with van der Waals surface area (Å²) in [7, 11) is 0. The number of hydrogen-bond acceptors (Lipinski definition) is 2. The summed E-state index contributed by atoms with van der Waals surface area (Å²) in [5.41, 5.74) is 3.45. The Morgan fingerprint density at radius 2 is 2.06 bits per heavy atom. The van der Waals surface area contributed by atoms with Crippen molar-refractivity contribution in [3.63, 3.8) is 0 Å². The molecule has 2 aromatic rings. The van der Waals surface area contributed by atoms with E-state index in [1.165, 1.54) is 6.07 Å². The normalized spacial score (nSPS) is 10.9. The van der Waals surface area contributed by atoms with Gasteiger partial charge in [0, 0.05) is 28.9 Å². The Labute approximate surface area is 107 Å². The summed E-state index contributed by atoms with van der Waals surface area (Å²) < 4.78 is 13.6. The van der Waals surface area contributed by atoms with Crippen LogP contribution in [0.4, 0.5) is 10.1 Å². The van der Waals surface area contributed by atoms with E-state index >= 15 is 0 Å². The van der Waals surface area contributed by atoms with E-state index in [0.717, 1.165) is 41.7 Å². The number of hydrogen-bond donors (Lipinski definition) is 1. The third kappa shape index (κ3) is 2.30. The van der Waals surface area contributed by atoms with Gasteiger partial charge in [-0.25, -0.2) is 4.39 Å². The third-order valence-electron chi connectivity index (χ3n) is 3.15. The molecule has 0 aliphatic rings. The highest BCUT2D eigenvalue weighted by atomic mass is 19.1. The molecule has 0 unspecified atom stereocenters. The molecule has 1 aromatic carbocycles. The van der Waals surface area contributed by atoms with E-state index in [-0.39, 0.29) is 5.82 Å². The van der Waals surface area contributed by atoms with E-state index in [0.29, 0.717) is 5.56 Å². The van der Waals surface area contributed by atoms with Crippen molar-refractivity contribution in [2.75, 3.05) is 11.9 Å². The minimum absolute atomic E-state index is 0.190. The van der Waals surface area contributed by atoms with Gasteiger partial charge in [0.25, 0.3) is 0 Å². The second-order valence-electron chi connectivity index (χ2n) is 4.51. The van der Waals surface area contributed by atoms with Crippen molar-refractivity contribution in [1.29, 1.82) is 0 Å². The molecule has 1 aromatic heterocycles. The van der Waals surface area contributed by atoms with Crippen LogP contribution in [0.15, 0.2) is 18.2 Å². The summed E-state index contributed by atoms with van der Waals surface area (Å²) in [6.07, 6.45) is 1.91. The van der Waals surface area contributed by atoms with Crippen LogP contribution >= 0.6 is 0 Å². The molecule has 0 atom stereocenters. The van der Waals surface area contributed by atoms with Crippen LogP contribution in [0.25, 0.3) is 10.9 Å². The van der Waals surface area contributed by atoms with Crippen molar-refractivity contribution in [2.24, 2.45) is 0 Å². The minimum Gasteiger partial charge on any atom is -0.384 e. The molecule has 0 fully saturated rings. The van der Waals surface area contributed by atoms with Gasteiger partial charge in [-0.15, -0.1) is 0 Å². The number of halogens is 1. The molecule has 0 spiro atoms. The van der Waals surface area contributed by atoms with Crippen molar-refractivity contribution in [3.8, 4) is 0 Å². The van der Waals surface area contributed by atoms with Crippen LogP contribution in [-0.4, -0.2) is 11.5 Å². The minimum atomic E-state index is -0.190. The summed E-state index contributed by atoms with van der Waals surface area (Å²) in [6, 6.07) is 5.39. The standard InChI is InChI=1S/C15H19FN2/c1-4-8-17-14-9-11(5-2)18-15-10(3)13(16)7-6-12(14)15/h6-7,9H,4-5,8H2,1-3H3,(H,17,18).